The van der Waals surface area contributed by atoms with Gasteiger partial charge in [-0.2, -0.15) is 0 Å². The van der Waals surface area contributed by atoms with E-state index in [4.69, 9.17) is 0 Å². The van der Waals surface area contributed by atoms with E-state index in [1.54, 1.807) is 6.20 Å². The summed E-state index contributed by atoms with van der Waals surface area (Å²) in [5, 5.41) is 3.35. The van der Waals surface area contributed by atoms with E-state index in [0.29, 0.717) is 11.6 Å². The van der Waals surface area contributed by atoms with E-state index in [9.17, 15) is 4.79 Å². The monoisotopic (exact) mass is 323 g/mol. The molecule has 0 radical (unpaired) electrons. The lowest BCUT2D eigenvalue weighted by molar-refractivity contribution is 0.0691. The SMILES string of the molecule is CCc1ccc(Nc2ccnc(C(=O)N3CCC(C)CC3)c2)cc1. The molecule has 0 aliphatic carbocycles. The van der Waals surface area contributed by atoms with E-state index in [1.807, 2.05) is 17.0 Å². The second-order valence-electron chi connectivity index (χ2n) is 6.58. The third kappa shape index (κ3) is 3.94. The minimum atomic E-state index is 0.0341. The number of piperidine rings is 1. The minimum Gasteiger partial charge on any atom is -0.355 e. The number of hydrogen-bond acceptors (Lipinski definition) is 3. The van der Waals surface area contributed by atoms with Crippen LogP contribution >= 0.6 is 0 Å². The van der Waals surface area contributed by atoms with Gasteiger partial charge >= 0.3 is 0 Å². The zero-order valence-corrected chi connectivity index (χ0v) is 14.5. The Labute approximate surface area is 143 Å². The zero-order valence-electron chi connectivity index (χ0n) is 14.5. The van der Waals surface area contributed by atoms with Crippen LogP contribution < -0.4 is 5.32 Å². The van der Waals surface area contributed by atoms with Crippen molar-refractivity contribution in [3.05, 3.63) is 53.9 Å². The predicted octanol–water partition coefficient (Wildman–Crippen LogP) is 4.26. The molecule has 2 aromatic rings. The summed E-state index contributed by atoms with van der Waals surface area (Å²) in [6.45, 7) is 6.05. The summed E-state index contributed by atoms with van der Waals surface area (Å²) < 4.78 is 0. The number of aryl methyl sites for hydroxylation is 1. The van der Waals surface area contributed by atoms with Crippen LogP contribution in [0, 0.1) is 5.92 Å². The fourth-order valence-electron chi connectivity index (χ4n) is 2.99. The lowest BCUT2D eigenvalue weighted by Crippen LogP contribution is -2.38. The molecule has 0 unspecified atom stereocenters. The van der Waals surface area contributed by atoms with Gasteiger partial charge in [0, 0.05) is 30.7 Å². The molecule has 1 aliphatic rings. The van der Waals surface area contributed by atoms with E-state index in [0.717, 1.165) is 43.7 Å². The normalized spacial score (nSPS) is 15.3. The van der Waals surface area contributed by atoms with Crippen molar-refractivity contribution in [3.8, 4) is 0 Å². The number of anilines is 2. The molecule has 1 aliphatic heterocycles. The summed E-state index contributed by atoms with van der Waals surface area (Å²) in [6.07, 6.45) is 4.88. The van der Waals surface area contributed by atoms with Crippen LogP contribution in [-0.2, 0) is 6.42 Å². The van der Waals surface area contributed by atoms with Gasteiger partial charge in [-0.25, -0.2) is 0 Å². The van der Waals surface area contributed by atoms with Crippen LogP contribution in [0.2, 0.25) is 0 Å². The van der Waals surface area contributed by atoms with Gasteiger partial charge in [-0.15, -0.1) is 0 Å². The molecular formula is C20H25N3O. The number of benzene rings is 1. The summed E-state index contributed by atoms with van der Waals surface area (Å²) in [7, 11) is 0. The molecule has 1 amide bonds. The Balaban J connectivity index is 1.70. The Morgan fingerprint density at radius 2 is 1.88 bits per heavy atom. The third-order valence-electron chi connectivity index (χ3n) is 4.70. The van der Waals surface area contributed by atoms with E-state index >= 15 is 0 Å². The lowest BCUT2D eigenvalue weighted by Gasteiger charge is -2.30. The molecule has 2 heterocycles. The number of hydrogen-bond donors (Lipinski definition) is 1. The van der Waals surface area contributed by atoms with Crippen LogP contribution in [0.1, 0.15) is 42.7 Å². The molecule has 1 aromatic heterocycles. The maximum absolute atomic E-state index is 12.6. The van der Waals surface area contributed by atoms with Crippen LogP contribution in [0.5, 0.6) is 0 Å². The molecule has 0 saturated carbocycles. The highest BCUT2D eigenvalue weighted by Gasteiger charge is 2.22. The average Bonchev–Trinajstić information content (AvgIpc) is 2.63. The molecule has 1 aromatic carbocycles. The maximum atomic E-state index is 12.6. The van der Waals surface area contributed by atoms with Crippen molar-refractivity contribution in [1.82, 2.24) is 9.88 Å². The second-order valence-corrected chi connectivity index (χ2v) is 6.58. The second kappa shape index (κ2) is 7.47. The first-order valence-electron chi connectivity index (χ1n) is 8.77. The van der Waals surface area contributed by atoms with E-state index in [2.05, 4.69) is 48.4 Å². The number of rotatable bonds is 4. The molecule has 1 N–H and O–H groups in total. The molecule has 0 bridgehead atoms. The van der Waals surface area contributed by atoms with Gasteiger partial charge in [0.2, 0.25) is 0 Å². The lowest BCUT2D eigenvalue weighted by atomic mass is 9.99. The largest absolute Gasteiger partial charge is 0.355 e. The van der Waals surface area contributed by atoms with Crippen molar-refractivity contribution in [2.24, 2.45) is 5.92 Å². The molecule has 1 fully saturated rings. The van der Waals surface area contributed by atoms with Crippen LogP contribution in [0.4, 0.5) is 11.4 Å². The predicted molar refractivity (Wildman–Crippen MR) is 97.6 cm³/mol. The number of nitrogens with one attached hydrogen (secondary N) is 1. The van der Waals surface area contributed by atoms with E-state index in [-0.39, 0.29) is 5.91 Å². The first kappa shape index (κ1) is 16.5. The first-order valence-corrected chi connectivity index (χ1v) is 8.77. The molecule has 4 nitrogen and oxygen atoms in total. The van der Waals surface area contributed by atoms with Crippen LogP contribution in [0.3, 0.4) is 0 Å². The number of carbonyl (C=O) groups excluding carboxylic acids is 1. The Hall–Kier alpha value is -2.36. The van der Waals surface area contributed by atoms with Gasteiger partial charge < -0.3 is 10.2 Å². The summed E-state index contributed by atoms with van der Waals surface area (Å²) in [5.41, 5.74) is 3.73. The van der Waals surface area contributed by atoms with E-state index in [1.165, 1.54) is 5.56 Å². The summed E-state index contributed by atoms with van der Waals surface area (Å²) in [4.78, 5) is 18.8. The van der Waals surface area contributed by atoms with E-state index < -0.39 is 0 Å². The topological polar surface area (TPSA) is 45.2 Å². The number of likely N-dealkylation sites (tertiary alicyclic amines) is 1. The van der Waals surface area contributed by atoms with Gasteiger partial charge in [0.05, 0.1) is 0 Å². The molecule has 24 heavy (non-hydrogen) atoms. The molecule has 0 atom stereocenters. The van der Waals surface area contributed by atoms with Crippen molar-refractivity contribution < 1.29 is 4.79 Å². The highest BCUT2D eigenvalue weighted by atomic mass is 16.2. The van der Waals surface area contributed by atoms with Crippen molar-refractivity contribution in [2.75, 3.05) is 18.4 Å². The average molecular weight is 323 g/mol. The standard InChI is InChI=1S/C20H25N3O/c1-3-16-4-6-17(7-5-16)22-18-8-11-21-19(14-18)20(24)23-12-9-15(2)10-13-23/h4-8,11,14-15H,3,9-10,12-13H2,1-2H3,(H,21,22). The third-order valence-corrected chi connectivity index (χ3v) is 4.70. The van der Waals surface area contributed by atoms with Gasteiger partial charge in [0.15, 0.2) is 0 Å². The molecule has 1 saturated heterocycles. The van der Waals surface area contributed by atoms with Crippen molar-refractivity contribution in [2.45, 2.75) is 33.1 Å². The summed E-state index contributed by atoms with van der Waals surface area (Å²) in [6, 6.07) is 12.1. The number of aromatic nitrogens is 1. The first-order chi connectivity index (χ1) is 11.7. The van der Waals surface area contributed by atoms with Gasteiger partial charge in [0.1, 0.15) is 5.69 Å². The van der Waals surface area contributed by atoms with Crippen LogP contribution in [0.15, 0.2) is 42.6 Å². The molecule has 0 spiro atoms. The number of amides is 1. The van der Waals surface area contributed by atoms with Gasteiger partial charge in [-0.1, -0.05) is 26.0 Å². The van der Waals surface area contributed by atoms with Gasteiger partial charge in [-0.05, 0) is 55.0 Å². The Morgan fingerprint density at radius 3 is 2.54 bits per heavy atom. The molecule has 3 rings (SSSR count). The highest BCUT2D eigenvalue weighted by Crippen LogP contribution is 2.20. The molecular weight excluding hydrogens is 298 g/mol. The van der Waals surface area contributed by atoms with Gasteiger partial charge in [0.25, 0.3) is 5.91 Å². The zero-order chi connectivity index (χ0) is 16.9. The molecule has 4 heteroatoms. The fraction of sp³-hybridized carbons (Fsp3) is 0.400. The Morgan fingerprint density at radius 1 is 1.17 bits per heavy atom. The number of pyridine rings is 1. The Kier molecular flexibility index (Phi) is 5.14. The summed E-state index contributed by atoms with van der Waals surface area (Å²) >= 11 is 0. The summed E-state index contributed by atoms with van der Waals surface area (Å²) in [5.74, 6) is 0.744. The van der Waals surface area contributed by atoms with Crippen molar-refractivity contribution in [1.29, 1.82) is 0 Å². The van der Waals surface area contributed by atoms with Crippen molar-refractivity contribution >= 4 is 17.3 Å². The van der Waals surface area contributed by atoms with Crippen LogP contribution in [0.25, 0.3) is 0 Å². The Bertz CT molecular complexity index is 688. The fourth-order valence-corrected chi connectivity index (χ4v) is 2.99. The number of nitrogens with zero attached hydrogens (tertiary/aromatic N) is 2. The highest BCUT2D eigenvalue weighted by molar-refractivity contribution is 5.93. The van der Waals surface area contributed by atoms with Crippen LogP contribution in [-0.4, -0.2) is 28.9 Å². The quantitative estimate of drug-likeness (QED) is 0.914. The maximum Gasteiger partial charge on any atom is 0.272 e. The molecule has 126 valence electrons. The number of carbonyl (C=O) groups is 1. The minimum absolute atomic E-state index is 0.0341. The van der Waals surface area contributed by atoms with Crippen molar-refractivity contribution in [3.63, 3.8) is 0 Å². The van der Waals surface area contributed by atoms with Gasteiger partial charge in [-0.3, -0.25) is 9.78 Å². The smallest absolute Gasteiger partial charge is 0.272 e.